The first kappa shape index (κ1) is 41.5. The SMILES string of the molecule is CCCO[C@@H]1O[C@H](COS(=O)(=O)O)[C@@H](O[C@@H]2O[C@H](COS(=O)(=O)O)[C@H](O)[C@H](OS(=O)(=O)O)[C@H]2O)[C@H](O[C@@H]2O[C@@H](C)[C@@H](O)[C@@H](O)[C@@H]2O)[C@H]1O. The number of rotatable bonds is 15. The predicted molar refractivity (Wildman–Crippen MR) is 145 cm³/mol. The van der Waals surface area contributed by atoms with Crippen molar-refractivity contribution in [2.24, 2.45) is 0 Å². The van der Waals surface area contributed by atoms with Gasteiger partial charge in [0.15, 0.2) is 18.9 Å². The molecule has 27 heteroatoms. The second kappa shape index (κ2) is 16.6. The summed E-state index contributed by atoms with van der Waals surface area (Å²) in [5.41, 5.74) is 0. The lowest BCUT2D eigenvalue weighted by molar-refractivity contribution is -0.384. The van der Waals surface area contributed by atoms with Gasteiger partial charge >= 0.3 is 31.2 Å². The molecule has 24 nitrogen and oxygen atoms in total. The molecular formula is C21H38O24S3. The van der Waals surface area contributed by atoms with Crippen LogP contribution in [0.4, 0.5) is 0 Å². The first-order valence-corrected chi connectivity index (χ1v) is 18.0. The Morgan fingerprint density at radius 2 is 1.06 bits per heavy atom. The molecule has 0 amide bonds. The van der Waals surface area contributed by atoms with E-state index in [1.54, 1.807) is 6.92 Å². The van der Waals surface area contributed by atoms with E-state index in [4.69, 9.17) is 33.0 Å². The third kappa shape index (κ3) is 11.3. The van der Waals surface area contributed by atoms with E-state index in [-0.39, 0.29) is 6.61 Å². The van der Waals surface area contributed by atoms with Crippen LogP contribution in [0.25, 0.3) is 0 Å². The van der Waals surface area contributed by atoms with E-state index in [9.17, 15) is 65.0 Å². The molecule has 3 aliphatic rings. The van der Waals surface area contributed by atoms with Crippen LogP contribution in [0.1, 0.15) is 20.3 Å². The van der Waals surface area contributed by atoms with Crippen LogP contribution in [0.3, 0.4) is 0 Å². The maximum absolute atomic E-state index is 11.5. The summed E-state index contributed by atoms with van der Waals surface area (Å²) in [6, 6.07) is 0. The van der Waals surface area contributed by atoms with Crippen molar-refractivity contribution in [3.05, 3.63) is 0 Å². The highest BCUT2D eigenvalue weighted by Gasteiger charge is 2.55. The fourth-order valence-corrected chi connectivity index (χ4v) is 5.99. The monoisotopic (exact) mass is 770 g/mol. The normalized spacial score (nSPS) is 41.7. The quantitative estimate of drug-likeness (QED) is 0.0701. The second-order valence-corrected chi connectivity index (χ2v) is 14.0. The Hall–Kier alpha value is -0.870. The van der Waals surface area contributed by atoms with Gasteiger partial charge in [0.1, 0.15) is 67.1 Å². The van der Waals surface area contributed by atoms with Gasteiger partial charge in [-0.05, 0) is 13.3 Å². The van der Waals surface area contributed by atoms with Crippen LogP contribution in [-0.4, -0.2) is 181 Å². The zero-order valence-corrected chi connectivity index (χ0v) is 27.3. The van der Waals surface area contributed by atoms with E-state index in [0.29, 0.717) is 6.42 Å². The highest BCUT2D eigenvalue weighted by molar-refractivity contribution is 7.81. The summed E-state index contributed by atoms with van der Waals surface area (Å²) in [5.74, 6) is 0. The van der Waals surface area contributed by atoms with E-state index in [1.165, 1.54) is 6.92 Å². The minimum Gasteiger partial charge on any atom is -0.388 e. The van der Waals surface area contributed by atoms with Crippen LogP contribution < -0.4 is 0 Å². The maximum Gasteiger partial charge on any atom is 0.397 e. The molecule has 3 fully saturated rings. The zero-order chi connectivity index (χ0) is 36.4. The molecule has 284 valence electrons. The van der Waals surface area contributed by atoms with E-state index in [2.05, 4.69) is 12.5 Å². The molecule has 9 N–H and O–H groups in total. The molecule has 3 saturated heterocycles. The van der Waals surface area contributed by atoms with Gasteiger partial charge in [-0.25, -0.2) is 12.5 Å². The number of aliphatic hydroxyl groups is 6. The largest absolute Gasteiger partial charge is 0.397 e. The van der Waals surface area contributed by atoms with Crippen molar-refractivity contribution in [2.75, 3.05) is 19.8 Å². The molecule has 0 aromatic carbocycles. The first-order chi connectivity index (χ1) is 22.0. The van der Waals surface area contributed by atoms with Crippen molar-refractivity contribution >= 4 is 31.2 Å². The smallest absolute Gasteiger partial charge is 0.388 e. The predicted octanol–water partition coefficient (Wildman–Crippen LogP) is -5.63. The third-order valence-corrected chi connectivity index (χ3v) is 8.46. The van der Waals surface area contributed by atoms with Crippen molar-refractivity contribution in [1.29, 1.82) is 0 Å². The molecule has 0 spiro atoms. The maximum atomic E-state index is 11.5. The molecule has 0 unspecified atom stereocenters. The van der Waals surface area contributed by atoms with Gasteiger partial charge in [-0.2, -0.15) is 25.3 Å². The van der Waals surface area contributed by atoms with Crippen LogP contribution in [-0.2, 0) is 72.2 Å². The summed E-state index contributed by atoms with van der Waals surface area (Å²) in [4.78, 5) is 0. The molecule has 3 heterocycles. The summed E-state index contributed by atoms with van der Waals surface area (Å²) in [6.45, 7) is 0.409. The average Bonchev–Trinajstić information content (AvgIpc) is 2.96. The van der Waals surface area contributed by atoms with Crippen molar-refractivity contribution in [3.8, 4) is 0 Å². The van der Waals surface area contributed by atoms with Gasteiger partial charge in [0.05, 0.1) is 19.3 Å². The molecule has 48 heavy (non-hydrogen) atoms. The Kier molecular flexibility index (Phi) is 14.4. The van der Waals surface area contributed by atoms with Crippen LogP contribution in [0, 0.1) is 0 Å². The van der Waals surface area contributed by atoms with E-state index >= 15 is 0 Å². The topological polar surface area (TPSA) is 368 Å². The zero-order valence-electron chi connectivity index (χ0n) is 24.9. The highest BCUT2D eigenvalue weighted by atomic mass is 32.3. The molecular weight excluding hydrogens is 732 g/mol. The van der Waals surface area contributed by atoms with E-state index in [1.807, 2.05) is 0 Å². The summed E-state index contributed by atoms with van der Waals surface area (Å²) in [7, 11) is -15.9. The minimum absolute atomic E-state index is 0.0806. The van der Waals surface area contributed by atoms with Crippen molar-refractivity contribution in [3.63, 3.8) is 0 Å². The fraction of sp³-hybridized carbons (Fsp3) is 1.00. The Balaban J connectivity index is 2.05. The van der Waals surface area contributed by atoms with E-state index < -0.39 is 137 Å². The van der Waals surface area contributed by atoms with Crippen LogP contribution in [0.5, 0.6) is 0 Å². The molecule has 0 bridgehead atoms. The average molecular weight is 771 g/mol. The number of hydrogen-bond acceptors (Lipinski definition) is 21. The van der Waals surface area contributed by atoms with Crippen LogP contribution >= 0.6 is 0 Å². The molecule has 3 rings (SSSR count). The van der Waals surface area contributed by atoms with Gasteiger partial charge in [-0.3, -0.25) is 13.7 Å². The molecule has 0 aliphatic carbocycles. The lowest BCUT2D eigenvalue weighted by Crippen LogP contribution is -2.67. The highest BCUT2D eigenvalue weighted by Crippen LogP contribution is 2.35. The van der Waals surface area contributed by atoms with Crippen molar-refractivity contribution < 1.29 is 111 Å². The molecule has 15 atom stereocenters. The molecule has 0 radical (unpaired) electrons. The van der Waals surface area contributed by atoms with E-state index in [0.717, 1.165) is 0 Å². The fourth-order valence-electron chi connectivity index (χ4n) is 4.87. The van der Waals surface area contributed by atoms with Crippen LogP contribution in [0.15, 0.2) is 0 Å². The molecule has 0 aromatic rings. The van der Waals surface area contributed by atoms with Gasteiger partial charge in [-0.1, -0.05) is 6.92 Å². The number of aliphatic hydroxyl groups excluding tert-OH is 6. The lowest BCUT2D eigenvalue weighted by Gasteiger charge is -2.49. The molecule has 0 saturated carbocycles. The Morgan fingerprint density at radius 1 is 0.562 bits per heavy atom. The summed E-state index contributed by atoms with van der Waals surface area (Å²) in [6.07, 6.45) is -29.3. The third-order valence-electron chi connectivity index (χ3n) is 7.13. The van der Waals surface area contributed by atoms with Gasteiger partial charge in [0.2, 0.25) is 0 Å². The number of hydrogen-bond donors (Lipinski definition) is 9. The summed E-state index contributed by atoms with van der Waals surface area (Å²) < 4.78 is 142. The molecule has 0 aromatic heterocycles. The molecule has 3 aliphatic heterocycles. The van der Waals surface area contributed by atoms with Gasteiger partial charge in [0.25, 0.3) is 0 Å². The van der Waals surface area contributed by atoms with Crippen molar-refractivity contribution in [1.82, 2.24) is 0 Å². The van der Waals surface area contributed by atoms with Gasteiger partial charge < -0.3 is 59.1 Å². The van der Waals surface area contributed by atoms with Crippen LogP contribution in [0.2, 0.25) is 0 Å². The first-order valence-electron chi connectivity index (χ1n) is 13.9. The summed E-state index contributed by atoms with van der Waals surface area (Å²) >= 11 is 0. The second-order valence-electron chi connectivity index (χ2n) is 10.7. The Bertz CT molecular complexity index is 1360. The van der Waals surface area contributed by atoms with Gasteiger partial charge in [-0.15, -0.1) is 0 Å². The lowest BCUT2D eigenvalue weighted by atomic mass is 9.96. The minimum atomic E-state index is -5.47. The summed E-state index contributed by atoms with van der Waals surface area (Å²) in [5, 5.41) is 63.5. The Morgan fingerprint density at radius 3 is 1.60 bits per heavy atom. The Labute approximate surface area is 273 Å². The van der Waals surface area contributed by atoms with Gasteiger partial charge in [0, 0.05) is 6.61 Å². The standard InChI is InChI=1S/C21H38O24S3/c1-3-4-37-19-15(27)18(44-20-13(25)12(24)10(22)7(2)40-20)16(9(42-19)6-39-47(31,32)33)43-21-14(26)17(45-48(34,35)36)11(23)8(41-21)5-38-46(28,29)30/h7-27H,3-6H2,1-2H3,(H,28,29,30)(H,31,32,33)(H,34,35,36)/t7-,8+,9+,10+,11-,12+,13-,14+,15+,16+,17-,18+,19+,20-,21-/m0/s1. The number of ether oxygens (including phenoxy) is 6. The van der Waals surface area contributed by atoms with Crippen molar-refractivity contribution in [2.45, 2.75) is 112 Å².